The van der Waals surface area contributed by atoms with Crippen LogP contribution in [0.15, 0.2) is 23.3 Å². The maximum Gasteiger partial charge on any atom is 0.360 e. The molecule has 7 heteroatoms. The lowest BCUT2D eigenvalue weighted by Gasteiger charge is -1.98. The summed E-state index contributed by atoms with van der Waals surface area (Å²) in [5.41, 5.74) is 2.26. The number of hydrogen-bond donors (Lipinski definition) is 1. The number of nitrogens with one attached hydrogen (secondary N) is 1. The van der Waals surface area contributed by atoms with Crippen LogP contribution in [0, 0.1) is 15.9 Å². The number of nitro groups is 1. The smallest absolute Gasteiger partial charge is 0.358 e. The molecule has 0 saturated heterocycles. The SMILES string of the molecule is C/C(=N\Nc1ccc(Cl)cc1F)[N+](=O)[O-]. The monoisotopic (exact) mass is 231 g/mol. The molecule has 0 spiro atoms. The number of rotatable bonds is 2. The molecule has 0 bridgehead atoms. The summed E-state index contributed by atoms with van der Waals surface area (Å²) in [6, 6.07) is 3.87. The second kappa shape index (κ2) is 4.70. The summed E-state index contributed by atoms with van der Waals surface area (Å²) in [4.78, 5) is 9.50. The summed E-state index contributed by atoms with van der Waals surface area (Å²) < 4.78 is 13.1. The van der Waals surface area contributed by atoms with Crippen molar-refractivity contribution in [3.63, 3.8) is 0 Å². The van der Waals surface area contributed by atoms with Crippen LogP contribution < -0.4 is 5.43 Å². The third-order valence-electron chi connectivity index (χ3n) is 1.53. The van der Waals surface area contributed by atoms with Crippen molar-refractivity contribution in [3.8, 4) is 0 Å². The van der Waals surface area contributed by atoms with Gasteiger partial charge in [-0.25, -0.2) is 4.39 Å². The third-order valence-corrected chi connectivity index (χ3v) is 1.77. The van der Waals surface area contributed by atoms with Crippen LogP contribution in [-0.2, 0) is 0 Å². The fraction of sp³-hybridized carbons (Fsp3) is 0.125. The van der Waals surface area contributed by atoms with E-state index in [1.807, 2.05) is 0 Å². The number of benzene rings is 1. The van der Waals surface area contributed by atoms with E-state index >= 15 is 0 Å². The lowest BCUT2D eigenvalue weighted by atomic mass is 10.3. The normalized spacial score (nSPS) is 11.3. The topological polar surface area (TPSA) is 67.5 Å². The molecule has 0 aliphatic heterocycles. The first-order chi connectivity index (χ1) is 7.00. The van der Waals surface area contributed by atoms with E-state index in [0.29, 0.717) is 0 Å². The maximum atomic E-state index is 13.1. The van der Waals surface area contributed by atoms with Gasteiger partial charge in [-0.1, -0.05) is 11.6 Å². The Morgan fingerprint density at radius 3 is 2.87 bits per heavy atom. The standard InChI is InChI=1S/C8H7ClFN3O2/c1-5(13(14)15)11-12-8-3-2-6(9)4-7(8)10/h2-4,12H,1H3/b11-5+. The van der Waals surface area contributed by atoms with E-state index in [-0.39, 0.29) is 16.5 Å². The average Bonchev–Trinajstić information content (AvgIpc) is 2.15. The van der Waals surface area contributed by atoms with Gasteiger partial charge in [-0.05, 0) is 23.1 Å². The molecule has 0 saturated carbocycles. The Balaban J connectivity index is 2.82. The molecular weight excluding hydrogens is 225 g/mol. The van der Waals surface area contributed by atoms with E-state index < -0.39 is 10.7 Å². The predicted octanol–water partition coefficient (Wildman–Crippen LogP) is 2.50. The van der Waals surface area contributed by atoms with E-state index in [1.54, 1.807) is 0 Å². The van der Waals surface area contributed by atoms with Crippen molar-refractivity contribution >= 4 is 23.1 Å². The number of hydrogen-bond acceptors (Lipinski definition) is 4. The fourth-order valence-corrected chi connectivity index (χ4v) is 0.921. The minimum Gasteiger partial charge on any atom is -0.358 e. The van der Waals surface area contributed by atoms with Crippen molar-refractivity contribution in [2.45, 2.75) is 6.92 Å². The van der Waals surface area contributed by atoms with Gasteiger partial charge in [-0.15, -0.1) is 0 Å². The first kappa shape index (κ1) is 11.4. The van der Waals surface area contributed by atoms with Gasteiger partial charge in [0, 0.05) is 11.9 Å². The van der Waals surface area contributed by atoms with Crippen LogP contribution in [0.5, 0.6) is 0 Å². The van der Waals surface area contributed by atoms with Crippen LogP contribution in [0.2, 0.25) is 5.02 Å². The first-order valence-electron chi connectivity index (χ1n) is 3.90. The predicted molar refractivity (Wildman–Crippen MR) is 55.1 cm³/mol. The Morgan fingerprint density at radius 1 is 1.67 bits per heavy atom. The van der Waals surface area contributed by atoms with Crippen molar-refractivity contribution in [3.05, 3.63) is 39.2 Å². The molecule has 1 N–H and O–H groups in total. The van der Waals surface area contributed by atoms with Gasteiger partial charge in [0.15, 0.2) is 5.82 Å². The second-order valence-corrected chi connectivity index (χ2v) is 3.09. The van der Waals surface area contributed by atoms with Crippen molar-refractivity contribution in [1.82, 2.24) is 0 Å². The van der Waals surface area contributed by atoms with Crippen molar-refractivity contribution < 1.29 is 9.31 Å². The Kier molecular flexibility index (Phi) is 3.56. The molecule has 0 unspecified atom stereocenters. The quantitative estimate of drug-likeness (QED) is 0.368. The van der Waals surface area contributed by atoms with Crippen molar-refractivity contribution in [2.75, 3.05) is 5.43 Å². The summed E-state index contributed by atoms with van der Waals surface area (Å²) in [5.74, 6) is -0.980. The zero-order valence-electron chi connectivity index (χ0n) is 7.70. The van der Waals surface area contributed by atoms with Crippen LogP contribution in [0.3, 0.4) is 0 Å². The van der Waals surface area contributed by atoms with Gasteiger partial charge < -0.3 is 10.1 Å². The Bertz CT molecular complexity index is 422. The van der Waals surface area contributed by atoms with Crippen molar-refractivity contribution in [1.29, 1.82) is 0 Å². The summed E-state index contributed by atoms with van der Waals surface area (Å²) in [6.07, 6.45) is 0. The van der Waals surface area contributed by atoms with Crippen LogP contribution in [0.1, 0.15) is 6.92 Å². The highest BCUT2D eigenvalue weighted by atomic mass is 35.5. The largest absolute Gasteiger partial charge is 0.360 e. The minimum atomic E-state index is -0.680. The molecule has 0 atom stereocenters. The van der Waals surface area contributed by atoms with Crippen molar-refractivity contribution in [2.24, 2.45) is 5.10 Å². The Labute approximate surface area is 89.7 Å². The first-order valence-corrected chi connectivity index (χ1v) is 4.28. The number of hydrazone groups is 1. The highest BCUT2D eigenvalue weighted by Gasteiger charge is 2.07. The fourth-order valence-electron chi connectivity index (χ4n) is 0.762. The van der Waals surface area contributed by atoms with E-state index in [1.165, 1.54) is 19.1 Å². The summed E-state index contributed by atoms with van der Waals surface area (Å²) >= 11 is 5.52. The van der Waals surface area contributed by atoms with Crippen LogP contribution >= 0.6 is 11.6 Å². The van der Waals surface area contributed by atoms with E-state index in [0.717, 1.165) is 6.07 Å². The average molecular weight is 232 g/mol. The van der Waals surface area contributed by atoms with E-state index in [2.05, 4.69) is 10.5 Å². The molecule has 0 aliphatic carbocycles. The second-order valence-electron chi connectivity index (χ2n) is 2.65. The van der Waals surface area contributed by atoms with Gasteiger partial charge in [-0.3, -0.25) is 0 Å². The molecule has 0 aliphatic rings. The number of nitrogens with zero attached hydrogens (tertiary/aromatic N) is 2. The van der Waals surface area contributed by atoms with Gasteiger partial charge in [0.05, 0.1) is 5.10 Å². The Hall–Kier alpha value is -1.69. The minimum absolute atomic E-state index is 0.0283. The van der Waals surface area contributed by atoms with Gasteiger partial charge in [-0.2, -0.15) is 5.43 Å². The van der Waals surface area contributed by atoms with Gasteiger partial charge >= 0.3 is 5.84 Å². The molecule has 0 amide bonds. The zero-order valence-corrected chi connectivity index (χ0v) is 8.45. The van der Waals surface area contributed by atoms with Crippen LogP contribution in [0.25, 0.3) is 0 Å². The molecule has 0 heterocycles. The third kappa shape index (κ3) is 3.17. The molecule has 0 fully saturated rings. The number of amidine groups is 1. The van der Waals surface area contributed by atoms with Gasteiger partial charge in [0.25, 0.3) is 0 Å². The molecule has 1 aromatic carbocycles. The summed E-state index contributed by atoms with van der Waals surface area (Å²) in [6.45, 7) is 1.20. The molecule has 1 aromatic rings. The molecule has 5 nitrogen and oxygen atoms in total. The highest BCUT2D eigenvalue weighted by Crippen LogP contribution is 2.18. The maximum absolute atomic E-state index is 13.1. The number of halogens is 2. The van der Waals surface area contributed by atoms with Crippen LogP contribution in [0.4, 0.5) is 10.1 Å². The molecule has 1 rings (SSSR count). The van der Waals surface area contributed by atoms with Gasteiger partial charge in [0.2, 0.25) is 0 Å². The summed E-state index contributed by atoms with van der Waals surface area (Å²) in [7, 11) is 0. The van der Waals surface area contributed by atoms with Gasteiger partial charge in [0.1, 0.15) is 5.69 Å². The molecule has 15 heavy (non-hydrogen) atoms. The van der Waals surface area contributed by atoms with E-state index in [9.17, 15) is 14.5 Å². The lowest BCUT2D eigenvalue weighted by Crippen LogP contribution is -2.09. The van der Waals surface area contributed by atoms with E-state index in [4.69, 9.17) is 11.6 Å². The highest BCUT2D eigenvalue weighted by molar-refractivity contribution is 6.30. The molecule has 0 aromatic heterocycles. The molecule has 0 radical (unpaired) electrons. The molecule has 80 valence electrons. The van der Waals surface area contributed by atoms with Crippen LogP contribution in [-0.4, -0.2) is 10.8 Å². The zero-order chi connectivity index (χ0) is 11.4. The number of anilines is 1. The summed E-state index contributed by atoms with van der Waals surface area (Å²) in [5, 5.41) is 13.8. The Morgan fingerprint density at radius 2 is 2.33 bits per heavy atom. The lowest BCUT2D eigenvalue weighted by molar-refractivity contribution is -0.351. The molecular formula is C8H7ClFN3O2.